The molecule has 0 aromatic carbocycles. The predicted octanol–water partition coefficient (Wildman–Crippen LogP) is 1.54. The number of rotatable bonds is 3. The van der Waals surface area contributed by atoms with Gasteiger partial charge in [0.2, 0.25) is 5.91 Å². The molecule has 20 heavy (non-hydrogen) atoms. The first kappa shape index (κ1) is 17.2. The van der Waals surface area contributed by atoms with Crippen molar-refractivity contribution in [2.75, 3.05) is 26.2 Å². The molecule has 112 valence electrons. The zero-order valence-electron chi connectivity index (χ0n) is 11.3. The minimum atomic E-state index is 0. The number of halogens is 2. The van der Waals surface area contributed by atoms with Crippen molar-refractivity contribution in [2.24, 2.45) is 11.8 Å². The molecule has 2 atom stereocenters. The maximum Gasteiger partial charge on any atom is 0.222 e. The summed E-state index contributed by atoms with van der Waals surface area (Å²) in [6, 6.07) is 3.96. The smallest absolute Gasteiger partial charge is 0.222 e. The Morgan fingerprint density at radius 3 is 2.40 bits per heavy atom. The van der Waals surface area contributed by atoms with E-state index < -0.39 is 0 Å². The summed E-state index contributed by atoms with van der Waals surface area (Å²) in [7, 11) is 0. The van der Waals surface area contributed by atoms with E-state index in [2.05, 4.69) is 15.2 Å². The molecule has 1 amide bonds. The van der Waals surface area contributed by atoms with Crippen molar-refractivity contribution in [1.82, 2.24) is 15.2 Å². The van der Waals surface area contributed by atoms with Crippen LogP contribution in [0.4, 0.5) is 0 Å². The van der Waals surface area contributed by atoms with E-state index in [1.807, 2.05) is 12.1 Å². The fourth-order valence-corrected chi connectivity index (χ4v) is 3.02. The van der Waals surface area contributed by atoms with Gasteiger partial charge in [0.25, 0.3) is 0 Å². The van der Waals surface area contributed by atoms with Crippen LogP contribution >= 0.6 is 24.8 Å². The summed E-state index contributed by atoms with van der Waals surface area (Å²) < 4.78 is 0. The Labute approximate surface area is 132 Å². The maximum absolute atomic E-state index is 12.1. The van der Waals surface area contributed by atoms with Crippen molar-refractivity contribution in [2.45, 2.75) is 12.8 Å². The second kappa shape index (κ2) is 7.81. The van der Waals surface area contributed by atoms with Gasteiger partial charge in [-0.25, -0.2) is 0 Å². The number of hydrogen-bond donors (Lipinski definition) is 1. The molecule has 6 heteroatoms. The molecule has 0 aliphatic carbocycles. The first-order valence-corrected chi connectivity index (χ1v) is 6.70. The van der Waals surface area contributed by atoms with Crippen LogP contribution in [0.5, 0.6) is 0 Å². The predicted molar refractivity (Wildman–Crippen MR) is 83.5 cm³/mol. The van der Waals surface area contributed by atoms with Crippen molar-refractivity contribution in [3.63, 3.8) is 0 Å². The molecule has 1 N–H and O–H groups in total. The van der Waals surface area contributed by atoms with Crippen molar-refractivity contribution in [1.29, 1.82) is 0 Å². The highest BCUT2D eigenvalue weighted by Crippen LogP contribution is 2.26. The number of hydrogen-bond acceptors (Lipinski definition) is 3. The van der Waals surface area contributed by atoms with E-state index in [0.717, 1.165) is 32.6 Å². The van der Waals surface area contributed by atoms with Gasteiger partial charge in [-0.05, 0) is 36.0 Å². The van der Waals surface area contributed by atoms with Crippen LogP contribution in [-0.2, 0) is 11.2 Å². The molecular formula is C14H21Cl2N3O. The normalized spacial score (nSPS) is 23.7. The Bertz CT molecular complexity index is 418. The maximum atomic E-state index is 12.1. The van der Waals surface area contributed by atoms with Gasteiger partial charge in [0, 0.05) is 45.0 Å². The second-order valence-electron chi connectivity index (χ2n) is 5.33. The summed E-state index contributed by atoms with van der Waals surface area (Å²) in [6.07, 6.45) is 5.01. The second-order valence-corrected chi connectivity index (χ2v) is 5.33. The van der Waals surface area contributed by atoms with E-state index in [9.17, 15) is 4.79 Å². The third kappa shape index (κ3) is 3.84. The van der Waals surface area contributed by atoms with Gasteiger partial charge in [-0.2, -0.15) is 0 Å². The largest absolute Gasteiger partial charge is 0.342 e. The first-order chi connectivity index (χ1) is 8.83. The van der Waals surface area contributed by atoms with Crippen LogP contribution in [0.1, 0.15) is 12.0 Å². The number of amides is 1. The summed E-state index contributed by atoms with van der Waals surface area (Å²) in [5, 5.41) is 3.40. The average molecular weight is 318 g/mol. The fraction of sp³-hybridized carbons (Fsp3) is 0.571. The Balaban J connectivity index is 0.000001000. The Hall–Kier alpha value is -0.840. The molecule has 0 spiro atoms. The molecule has 0 unspecified atom stereocenters. The van der Waals surface area contributed by atoms with Gasteiger partial charge in [-0.3, -0.25) is 9.78 Å². The van der Waals surface area contributed by atoms with Crippen LogP contribution in [0.25, 0.3) is 0 Å². The van der Waals surface area contributed by atoms with E-state index >= 15 is 0 Å². The zero-order valence-corrected chi connectivity index (χ0v) is 13.0. The number of likely N-dealkylation sites (tertiary alicyclic amines) is 1. The van der Waals surface area contributed by atoms with Crippen LogP contribution in [0, 0.1) is 11.8 Å². The number of carbonyl (C=O) groups is 1. The first-order valence-electron chi connectivity index (χ1n) is 6.70. The zero-order chi connectivity index (χ0) is 12.4. The number of aromatic nitrogens is 1. The van der Waals surface area contributed by atoms with Gasteiger partial charge in [-0.1, -0.05) is 0 Å². The van der Waals surface area contributed by atoms with Crippen LogP contribution < -0.4 is 5.32 Å². The number of carbonyl (C=O) groups excluding carboxylic acids is 1. The van der Waals surface area contributed by atoms with Gasteiger partial charge >= 0.3 is 0 Å². The summed E-state index contributed by atoms with van der Waals surface area (Å²) in [5.41, 5.74) is 1.19. The van der Waals surface area contributed by atoms with Gasteiger partial charge in [0.15, 0.2) is 0 Å². The van der Waals surface area contributed by atoms with Crippen molar-refractivity contribution in [3.8, 4) is 0 Å². The minimum Gasteiger partial charge on any atom is -0.342 e. The van der Waals surface area contributed by atoms with E-state index in [-0.39, 0.29) is 24.8 Å². The van der Waals surface area contributed by atoms with Crippen molar-refractivity contribution in [3.05, 3.63) is 30.1 Å². The molecule has 3 heterocycles. The van der Waals surface area contributed by atoms with Crippen molar-refractivity contribution >= 4 is 30.7 Å². The van der Waals surface area contributed by atoms with Crippen LogP contribution in [0.2, 0.25) is 0 Å². The average Bonchev–Trinajstić information content (AvgIpc) is 2.98. The third-order valence-electron chi connectivity index (χ3n) is 4.12. The Morgan fingerprint density at radius 1 is 1.20 bits per heavy atom. The molecule has 0 radical (unpaired) electrons. The molecule has 0 saturated carbocycles. The molecule has 1 aromatic heterocycles. The minimum absolute atomic E-state index is 0. The topological polar surface area (TPSA) is 45.2 Å². The molecule has 2 saturated heterocycles. The number of pyridine rings is 1. The molecule has 2 aliphatic rings. The van der Waals surface area contributed by atoms with E-state index in [0.29, 0.717) is 24.2 Å². The quantitative estimate of drug-likeness (QED) is 0.919. The SMILES string of the molecule is Cl.Cl.O=C(CCc1ccncc1)N1C[C@H]2CNC[C@H]2C1. The lowest BCUT2D eigenvalue weighted by Crippen LogP contribution is -2.31. The highest BCUT2D eigenvalue weighted by atomic mass is 35.5. The number of nitrogens with zero attached hydrogens (tertiary/aromatic N) is 2. The monoisotopic (exact) mass is 317 g/mol. The van der Waals surface area contributed by atoms with E-state index in [1.54, 1.807) is 12.4 Å². The Morgan fingerprint density at radius 2 is 1.80 bits per heavy atom. The van der Waals surface area contributed by atoms with Gasteiger partial charge in [0.05, 0.1) is 0 Å². The van der Waals surface area contributed by atoms with Crippen LogP contribution in [0.3, 0.4) is 0 Å². The molecule has 0 bridgehead atoms. The standard InChI is InChI=1S/C14H19N3O.2ClH/c18-14(2-1-11-3-5-15-6-4-11)17-9-12-7-16-8-13(12)10-17;;/h3-6,12-13,16H,1-2,7-10H2;2*1H/t12-,13+;;. The van der Waals surface area contributed by atoms with Crippen molar-refractivity contribution < 1.29 is 4.79 Å². The molecule has 1 aromatic rings. The van der Waals surface area contributed by atoms with E-state index in [4.69, 9.17) is 0 Å². The lowest BCUT2D eigenvalue weighted by Gasteiger charge is -2.17. The molecular weight excluding hydrogens is 297 g/mol. The number of fused-ring (bicyclic) bond motifs is 1. The summed E-state index contributed by atoms with van der Waals surface area (Å²) in [6.45, 7) is 4.07. The lowest BCUT2D eigenvalue weighted by molar-refractivity contribution is -0.130. The highest BCUT2D eigenvalue weighted by Gasteiger charge is 2.37. The summed E-state index contributed by atoms with van der Waals surface area (Å²) >= 11 is 0. The third-order valence-corrected chi connectivity index (χ3v) is 4.12. The summed E-state index contributed by atoms with van der Waals surface area (Å²) in [4.78, 5) is 18.2. The van der Waals surface area contributed by atoms with E-state index in [1.165, 1.54) is 5.56 Å². The fourth-order valence-electron chi connectivity index (χ4n) is 3.02. The Kier molecular flexibility index (Phi) is 6.72. The number of nitrogens with one attached hydrogen (secondary N) is 1. The molecule has 2 aliphatic heterocycles. The highest BCUT2D eigenvalue weighted by molar-refractivity contribution is 5.85. The van der Waals surface area contributed by atoms with Gasteiger partial charge in [0.1, 0.15) is 0 Å². The van der Waals surface area contributed by atoms with Crippen LogP contribution in [0.15, 0.2) is 24.5 Å². The lowest BCUT2D eigenvalue weighted by atomic mass is 10.0. The van der Waals surface area contributed by atoms with Gasteiger partial charge < -0.3 is 10.2 Å². The van der Waals surface area contributed by atoms with Crippen LogP contribution in [-0.4, -0.2) is 42.0 Å². The molecule has 3 rings (SSSR count). The molecule has 2 fully saturated rings. The van der Waals surface area contributed by atoms with Gasteiger partial charge in [-0.15, -0.1) is 24.8 Å². The summed E-state index contributed by atoms with van der Waals surface area (Å²) in [5.74, 6) is 1.69. The molecule has 4 nitrogen and oxygen atoms in total. The number of aryl methyl sites for hydroxylation is 1.